The summed E-state index contributed by atoms with van der Waals surface area (Å²) >= 11 is 0. The highest BCUT2D eigenvalue weighted by molar-refractivity contribution is 7.84. The molecular formula is C22H22N2O4S. The Bertz CT molecular complexity index is 980. The molecule has 2 heterocycles. The fourth-order valence-corrected chi connectivity index (χ4v) is 4.77. The third kappa shape index (κ3) is 4.99. The van der Waals surface area contributed by atoms with Gasteiger partial charge in [0.05, 0.1) is 6.20 Å². The predicted octanol–water partition coefficient (Wildman–Crippen LogP) is 4.02. The van der Waals surface area contributed by atoms with Gasteiger partial charge in [0.1, 0.15) is 0 Å². The van der Waals surface area contributed by atoms with Gasteiger partial charge < -0.3 is 14.5 Å². The van der Waals surface area contributed by atoms with Crippen molar-refractivity contribution in [1.29, 1.82) is 0 Å². The van der Waals surface area contributed by atoms with Gasteiger partial charge in [-0.1, -0.05) is 24.3 Å². The summed E-state index contributed by atoms with van der Waals surface area (Å²) < 4.78 is 23.2. The number of benzene rings is 2. The maximum Gasteiger partial charge on any atom is 0.255 e. The van der Waals surface area contributed by atoms with E-state index in [1.165, 1.54) is 6.39 Å². The largest absolute Gasteiger partial charge is 0.444 e. The molecule has 0 saturated carbocycles. The third-order valence-corrected chi connectivity index (χ3v) is 6.73. The van der Waals surface area contributed by atoms with E-state index in [4.69, 9.17) is 9.15 Å². The van der Waals surface area contributed by atoms with Gasteiger partial charge in [-0.05, 0) is 42.7 Å². The highest BCUT2D eigenvalue weighted by Crippen LogP contribution is 2.21. The first-order chi connectivity index (χ1) is 14.2. The number of rotatable bonds is 6. The molecule has 29 heavy (non-hydrogen) atoms. The topological polar surface area (TPSA) is 81.4 Å². The molecule has 7 heteroatoms. The first kappa shape index (κ1) is 19.5. The molecular weight excluding hydrogens is 388 g/mol. The lowest BCUT2D eigenvalue weighted by Gasteiger charge is -2.21. The minimum atomic E-state index is -0.939. The minimum absolute atomic E-state index is 0.185. The molecule has 1 N–H and O–H groups in total. The van der Waals surface area contributed by atoms with Gasteiger partial charge in [-0.3, -0.25) is 9.00 Å². The number of hydrogen-bond acceptors (Lipinski definition) is 5. The SMILES string of the molecule is O=C(Nc1cccc(CS(=O)C2CCOCC2)c1)c1ccc(-c2cnco2)cc1. The molecule has 0 bridgehead atoms. The summed E-state index contributed by atoms with van der Waals surface area (Å²) in [6, 6.07) is 14.7. The number of oxazole rings is 1. The highest BCUT2D eigenvalue weighted by Gasteiger charge is 2.20. The summed E-state index contributed by atoms with van der Waals surface area (Å²) in [5.41, 5.74) is 3.05. The monoisotopic (exact) mass is 410 g/mol. The zero-order valence-corrected chi connectivity index (χ0v) is 16.7. The van der Waals surface area contributed by atoms with Crippen LogP contribution in [0.4, 0.5) is 5.69 Å². The van der Waals surface area contributed by atoms with Gasteiger partial charge in [-0.2, -0.15) is 0 Å². The standard InChI is InChI=1S/C22H22N2O4S/c25-22(18-6-4-17(5-7-18)21-13-23-15-28-21)24-19-3-1-2-16(12-19)14-29(26)20-8-10-27-11-9-20/h1-7,12-13,15,20H,8-11,14H2,(H,24,25). The first-order valence-corrected chi connectivity index (χ1v) is 10.9. The molecule has 4 rings (SSSR count). The van der Waals surface area contributed by atoms with E-state index in [0.717, 1.165) is 24.0 Å². The quantitative estimate of drug-likeness (QED) is 0.664. The Labute approximate surface area is 171 Å². The van der Waals surface area contributed by atoms with Crippen molar-refractivity contribution >= 4 is 22.4 Å². The van der Waals surface area contributed by atoms with E-state index < -0.39 is 10.8 Å². The summed E-state index contributed by atoms with van der Waals surface area (Å²) in [5.74, 6) is 0.944. The molecule has 6 nitrogen and oxygen atoms in total. The Morgan fingerprint density at radius 3 is 2.66 bits per heavy atom. The van der Waals surface area contributed by atoms with Gasteiger partial charge in [0, 0.05) is 51.8 Å². The van der Waals surface area contributed by atoms with Crippen LogP contribution in [-0.2, 0) is 21.3 Å². The van der Waals surface area contributed by atoms with Gasteiger partial charge in [-0.25, -0.2) is 4.98 Å². The Kier molecular flexibility index (Phi) is 6.17. The normalized spacial score (nSPS) is 15.7. The maximum absolute atomic E-state index is 12.6. The maximum atomic E-state index is 12.6. The summed E-state index contributed by atoms with van der Waals surface area (Å²) in [6.45, 7) is 1.36. The fraction of sp³-hybridized carbons (Fsp3) is 0.273. The first-order valence-electron chi connectivity index (χ1n) is 9.53. The fourth-order valence-electron chi connectivity index (χ4n) is 3.31. The number of aromatic nitrogens is 1. The van der Waals surface area contributed by atoms with Gasteiger partial charge in [0.25, 0.3) is 5.91 Å². The van der Waals surface area contributed by atoms with E-state index in [1.54, 1.807) is 18.3 Å². The van der Waals surface area contributed by atoms with E-state index in [0.29, 0.717) is 36.0 Å². The molecule has 1 unspecified atom stereocenters. The van der Waals surface area contributed by atoms with Gasteiger partial charge in [0.15, 0.2) is 12.2 Å². The molecule has 0 radical (unpaired) electrons. The Balaban J connectivity index is 1.39. The molecule has 3 aromatic rings. The van der Waals surface area contributed by atoms with Crippen LogP contribution >= 0.6 is 0 Å². The summed E-state index contributed by atoms with van der Waals surface area (Å²) in [4.78, 5) is 16.5. The second kappa shape index (κ2) is 9.15. The molecule has 1 fully saturated rings. The van der Waals surface area contributed by atoms with Crippen molar-refractivity contribution in [3.8, 4) is 11.3 Å². The molecule has 1 atom stereocenters. The highest BCUT2D eigenvalue weighted by atomic mass is 32.2. The van der Waals surface area contributed by atoms with Gasteiger partial charge >= 0.3 is 0 Å². The molecule has 1 aromatic heterocycles. The van der Waals surface area contributed by atoms with Crippen molar-refractivity contribution < 1.29 is 18.2 Å². The molecule has 1 saturated heterocycles. The van der Waals surface area contributed by atoms with Crippen LogP contribution in [0.1, 0.15) is 28.8 Å². The lowest BCUT2D eigenvalue weighted by atomic mass is 10.1. The number of anilines is 1. The van der Waals surface area contributed by atoms with E-state index >= 15 is 0 Å². The van der Waals surface area contributed by atoms with Crippen molar-refractivity contribution in [3.05, 3.63) is 72.2 Å². The van der Waals surface area contributed by atoms with Crippen LogP contribution in [0.15, 0.2) is 65.5 Å². The summed E-state index contributed by atoms with van der Waals surface area (Å²) in [6.07, 6.45) is 4.68. The van der Waals surface area contributed by atoms with Gasteiger partial charge in [0.2, 0.25) is 0 Å². The predicted molar refractivity (Wildman–Crippen MR) is 112 cm³/mol. The smallest absolute Gasteiger partial charge is 0.255 e. The number of ether oxygens (including phenoxy) is 1. The Morgan fingerprint density at radius 2 is 1.93 bits per heavy atom. The lowest BCUT2D eigenvalue weighted by molar-refractivity contribution is 0.0991. The van der Waals surface area contributed by atoms with Crippen LogP contribution in [0.5, 0.6) is 0 Å². The number of nitrogens with one attached hydrogen (secondary N) is 1. The zero-order valence-electron chi connectivity index (χ0n) is 15.9. The molecule has 1 aliphatic rings. The lowest BCUT2D eigenvalue weighted by Crippen LogP contribution is -2.25. The van der Waals surface area contributed by atoms with Gasteiger partial charge in [-0.15, -0.1) is 0 Å². The van der Waals surface area contributed by atoms with Crippen molar-refractivity contribution in [1.82, 2.24) is 4.98 Å². The number of carbonyl (C=O) groups excluding carboxylic acids is 1. The average molecular weight is 410 g/mol. The number of hydrogen-bond donors (Lipinski definition) is 1. The van der Waals surface area contributed by atoms with Crippen molar-refractivity contribution in [2.45, 2.75) is 23.8 Å². The number of amides is 1. The van der Waals surface area contributed by atoms with Crippen LogP contribution in [0.2, 0.25) is 0 Å². The Hall–Kier alpha value is -2.77. The Morgan fingerprint density at radius 1 is 1.14 bits per heavy atom. The third-order valence-electron chi connectivity index (χ3n) is 4.90. The van der Waals surface area contributed by atoms with Crippen LogP contribution in [-0.4, -0.2) is 33.6 Å². The second-order valence-corrected chi connectivity index (χ2v) is 8.65. The van der Waals surface area contributed by atoms with Crippen molar-refractivity contribution in [3.63, 3.8) is 0 Å². The van der Waals surface area contributed by atoms with Crippen molar-refractivity contribution in [2.75, 3.05) is 18.5 Å². The van der Waals surface area contributed by atoms with Crippen LogP contribution < -0.4 is 5.32 Å². The number of nitrogens with zero attached hydrogens (tertiary/aromatic N) is 1. The van der Waals surface area contributed by atoms with Crippen LogP contribution in [0.3, 0.4) is 0 Å². The molecule has 150 valence electrons. The minimum Gasteiger partial charge on any atom is -0.444 e. The van der Waals surface area contributed by atoms with E-state index in [-0.39, 0.29) is 11.2 Å². The molecule has 0 aliphatic carbocycles. The molecule has 2 aromatic carbocycles. The van der Waals surface area contributed by atoms with E-state index in [2.05, 4.69) is 10.3 Å². The zero-order chi connectivity index (χ0) is 20.1. The van der Waals surface area contributed by atoms with E-state index in [9.17, 15) is 9.00 Å². The molecule has 0 spiro atoms. The van der Waals surface area contributed by atoms with E-state index in [1.807, 2.05) is 36.4 Å². The average Bonchev–Trinajstić information content (AvgIpc) is 3.30. The van der Waals surface area contributed by atoms with Crippen molar-refractivity contribution in [2.24, 2.45) is 0 Å². The van der Waals surface area contributed by atoms with Crippen LogP contribution in [0, 0.1) is 0 Å². The van der Waals surface area contributed by atoms with Crippen LogP contribution in [0.25, 0.3) is 11.3 Å². The second-order valence-electron chi connectivity index (χ2n) is 6.93. The molecule has 1 amide bonds. The summed E-state index contributed by atoms with van der Waals surface area (Å²) in [7, 11) is -0.939. The molecule has 1 aliphatic heterocycles. The number of carbonyl (C=O) groups is 1. The summed E-state index contributed by atoms with van der Waals surface area (Å²) in [5, 5.41) is 3.10.